The molecule has 1 amide bonds. The van der Waals surface area contributed by atoms with Crippen LogP contribution in [0.1, 0.15) is 0 Å². The molecule has 8 heteroatoms. The molecule has 2 aliphatic heterocycles. The summed E-state index contributed by atoms with van der Waals surface area (Å²) in [5.41, 5.74) is 0.880. The fourth-order valence-electron chi connectivity index (χ4n) is 2.49. The second-order valence-electron chi connectivity index (χ2n) is 5.06. The molecular weight excluding hydrogens is 291 g/mol. The van der Waals surface area contributed by atoms with E-state index in [1.807, 2.05) is 0 Å². The van der Waals surface area contributed by atoms with Crippen LogP contribution in [0.4, 0.5) is 20.6 Å². The summed E-state index contributed by atoms with van der Waals surface area (Å²) in [6, 6.07) is 4.66. The minimum atomic E-state index is -0.458. The number of rotatable bonds is 4. The van der Waals surface area contributed by atoms with Gasteiger partial charge in [-0.3, -0.25) is 4.90 Å². The molecule has 1 fully saturated rings. The topological polar surface area (TPSA) is 66.4 Å². The molecule has 22 heavy (non-hydrogen) atoms. The third kappa shape index (κ3) is 2.82. The molecule has 7 nitrogen and oxygen atoms in total. The first kappa shape index (κ1) is 14.6. The number of ether oxygens (including phenoxy) is 1. The molecular formula is C14H17FN4O3. The third-order valence-electron chi connectivity index (χ3n) is 3.54. The van der Waals surface area contributed by atoms with Gasteiger partial charge in [0.05, 0.1) is 24.5 Å². The second kappa shape index (κ2) is 6.18. The van der Waals surface area contributed by atoms with Gasteiger partial charge in [0.2, 0.25) is 0 Å². The summed E-state index contributed by atoms with van der Waals surface area (Å²) in [7, 11) is 1.79. The van der Waals surface area contributed by atoms with Gasteiger partial charge in [0.1, 0.15) is 24.9 Å². The van der Waals surface area contributed by atoms with E-state index in [1.165, 1.54) is 17.3 Å². The van der Waals surface area contributed by atoms with Crippen molar-refractivity contribution < 1.29 is 18.8 Å². The number of benzene rings is 1. The van der Waals surface area contributed by atoms with Gasteiger partial charge < -0.3 is 19.8 Å². The Kier molecular flexibility index (Phi) is 4.10. The molecule has 0 spiro atoms. The van der Waals surface area contributed by atoms with E-state index in [2.05, 4.69) is 10.5 Å². The van der Waals surface area contributed by atoms with Crippen LogP contribution in [0.5, 0.6) is 0 Å². The van der Waals surface area contributed by atoms with Crippen LogP contribution in [0, 0.1) is 5.82 Å². The van der Waals surface area contributed by atoms with Gasteiger partial charge in [0.25, 0.3) is 0 Å². The zero-order valence-electron chi connectivity index (χ0n) is 12.2. The SMILES string of the molecule is CNCC1CN(c2ccc(N3C=NOCC3)c(F)c2)C(=O)O1. The number of hydrogen-bond donors (Lipinski definition) is 1. The summed E-state index contributed by atoms with van der Waals surface area (Å²) in [6.45, 7) is 1.89. The largest absolute Gasteiger partial charge is 0.443 e. The molecule has 1 aromatic carbocycles. The summed E-state index contributed by atoms with van der Waals surface area (Å²) in [5.74, 6) is -0.421. The average Bonchev–Trinajstić information content (AvgIpc) is 2.89. The molecule has 1 aromatic rings. The van der Waals surface area contributed by atoms with Crippen LogP contribution < -0.4 is 15.1 Å². The molecule has 0 bridgehead atoms. The van der Waals surface area contributed by atoms with Crippen LogP contribution in [0.15, 0.2) is 23.4 Å². The molecule has 0 saturated carbocycles. The third-order valence-corrected chi connectivity index (χ3v) is 3.54. The van der Waals surface area contributed by atoms with Gasteiger partial charge in [-0.15, -0.1) is 0 Å². The maximum Gasteiger partial charge on any atom is 0.414 e. The van der Waals surface area contributed by atoms with E-state index < -0.39 is 11.9 Å². The number of anilines is 2. The predicted molar refractivity (Wildman–Crippen MR) is 79.7 cm³/mol. The highest BCUT2D eigenvalue weighted by Crippen LogP contribution is 2.27. The van der Waals surface area contributed by atoms with Crippen LogP contribution in [0.2, 0.25) is 0 Å². The number of hydrogen-bond acceptors (Lipinski definition) is 6. The van der Waals surface area contributed by atoms with E-state index in [-0.39, 0.29) is 6.10 Å². The molecule has 1 atom stereocenters. The summed E-state index contributed by atoms with van der Waals surface area (Å²) < 4.78 is 19.5. The molecule has 3 rings (SSSR count). The van der Waals surface area contributed by atoms with Crippen molar-refractivity contribution in [3.63, 3.8) is 0 Å². The number of likely N-dealkylation sites (N-methyl/N-ethyl adjacent to an activating group) is 1. The Morgan fingerprint density at radius 1 is 1.50 bits per heavy atom. The van der Waals surface area contributed by atoms with Crippen molar-refractivity contribution in [2.75, 3.05) is 43.1 Å². The zero-order valence-corrected chi connectivity index (χ0v) is 12.2. The fourth-order valence-corrected chi connectivity index (χ4v) is 2.49. The summed E-state index contributed by atoms with van der Waals surface area (Å²) in [5, 5.41) is 6.62. The summed E-state index contributed by atoms with van der Waals surface area (Å²) in [6.07, 6.45) is 0.751. The number of oxime groups is 1. The first-order valence-corrected chi connectivity index (χ1v) is 7.03. The number of nitrogens with zero attached hydrogens (tertiary/aromatic N) is 3. The number of nitrogens with one attached hydrogen (secondary N) is 1. The van der Waals surface area contributed by atoms with Gasteiger partial charge >= 0.3 is 6.09 Å². The Morgan fingerprint density at radius 3 is 3.05 bits per heavy atom. The number of cyclic esters (lactones) is 1. The van der Waals surface area contributed by atoms with E-state index in [9.17, 15) is 9.18 Å². The molecule has 0 aromatic heterocycles. The number of amides is 1. The molecule has 1 N–H and O–H groups in total. The summed E-state index contributed by atoms with van der Waals surface area (Å²) in [4.78, 5) is 19.8. The van der Waals surface area contributed by atoms with E-state index in [0.29, 0.717) is 37.6 Å². The minimum absolute atomic E-state index is 0.230. The van der Waals surface area contributed by atoms with Gasteiger partial charge in [0.15, 0.2) is 0 Å². The highest BCUT2D eigenvalue weighted by Gasteiger charge is 2.32. The number of carbonyl (C=O) groups excluding carboxylic acids is 1. The minimum Gasteiger partial charge on any atom is -0.443 e. The van der Waals surface area contributed by atoms with Gasteiger partial charge in [-0.1, -0.05) is 5.16 Å². The van der Waals surface area contributed by atoms with Crippen molar-refractivity contribution in [1.29, 1.82) is 0 Å². The van der Waals surface area contributed by atoms with Crippen molar-refractivity contribution in [3.05, 3.63) is 24.0 Å². The first-order valence-electron chi connectivity index (χ1n) is 7.03. The lowest BCUT2D eigenvalue weighted by atomic mass is 10.2. The van der Waals surface area contributed by atoms with Crippen molar-refractivity contribution in [2.24, 2.45) is 5.16 Å². The van der Waals surface area contributed by atoms with E-state index >= 15 is 0 Å². The molecule has 2 heterocycles. The van der Waals surface area contributed by atoms with Crippen LogP contribution in [-0.4, -0.2) is 51.8 Å². The van der Waals surface area contributed by atoms with Crippen LogP contribution >= 0.6 is 0 Å². The van der Waals surface area contributed by atoms with Gasteiger partial charge in [-0.2, -0.15) is 0 Å². The lowest BCUT2D eigenvalue weighted by Gasteiger charge is -2.23. The van der Waals surface area contributed by atoms with Gasteiger partial charge in [-0.25, -0.2) is 9.18 Å². The van der Waals surface area contributed by atoms with Crippen LogP contribution in [0.3, 0.4) is 0 Å². The smallest absolute Gasteiger partial charge is 0.414 e. The Balaban J connectivity index is 1.78. The predicted octanol–water partition coefficient (Wildman–Crippen LogP) is 1.15. The summed E-state index contributed by atoms with van der Waals surface area (Å²) >= 11 is 0. The Morgan fingerprint density at radius 2 is 2.36 bits per heavy atom. The maximum absolute atomic E-state index is 14.3. The van der Waals surface area contributed by atoms with Crippen LogP contribution in [0.25, 0.3) is 0 Å². The number of carbonyl (C=O) groups is 1. The highest BCUT2D eigenvalue weighted by molar-refractivity contribution is 5.90. The first-order chi connectivity index (χ1) is 10.7. The maximum atomic E-state index is 14.3. The molecule has 118 valence electrons. The second-order valence-corrected chi connectivity index (χ2v) is 5.06. The normalized spacial score (nSPS) is 21.0. The van der Waals surface area contributed by atoms with Gasteiger partial charge in [-0.05, 0) is 25.2 Å². The highest BCUT2D eigenvalue weighted by atomic mass is 19.1. The average molecular weight is 308 g/mol. The standard InChI is InChI=1S/C14H17FN4O3/c1-16-7-11-8-19(14(20)22-11)10-2-3-13(12(15)6-10)18-4-5-21-17-9-18/h2-3,6,9,11,16H,4-5,7-8H2,1H3. The molecule has 0 radical (unpaired) electrons. The monoisotopic (exact) mass is 308 g/mol. The van der Waals surface area contributed by atoms with Gasteiger partial charge in [0, 0.05) is 6.54 Å². The van der Waals surface area contributed by atoms with E-state index in [4.69, 9.17) is 9.57 Å². The van der Waals surface area contributed by atoms with E-state index in [1.54, 1.807) is 24.1 Å². The zero-order chi connectivity index (χ0) is 15.5. The molecule has 0 aliphatic carbocycles. The van der Waals surface area contributed by atoms with E-state index in [0.717, 1.165) is 0 Å². The lowest BCUT2D eigenvalue weighted by molar-refractivity contribution is 0.141. The molecule has 1 unspecified atom stereocenters. The Labute approximate surface area is 127 Å². The van der Waals surface area contributed by atoms with Crippen LogP contribution in [-0.2, 0) is 9.57 Å². The lowest BCUT2D eigenvalue weighted by Crippen LogP contribution is -2.30. The van der Waals surface area contributed by atoms with Crippen molar-refractivity contribution in [2.45, 2.75) is 6.10 Å². The van der Waals surface area contributed by atoms with Crippen molar-refractivity contribution >= 4 is 23.8 Å². The Hall–Kier alpha value is -2.35. The van der Waals surface area contributed by atoms with Crippen molar-refractivity contribution in [1.82, 2.24) is 5.32 Å². The fraction of sp³-hybridized carbons (Fsp3) is 0.429. The van der Waals surface area contributed by atoms with Crippen molar-refractivity contribution in [3.8, 4) is 0 Å². The Bertz CT molecular complexity index is 595. The molecule has 2 aliphatic rings. The number of halogens is 1. The molecule has 1 saturated heterocycles. The quantitative estimate of drug-likeness (QED) is 0.904.